The molecular weight excluding hydrogens is 294 g/mol. The summed E-state index contributed by atoms with van der Waals surface area (Å²) in [7, 11) is -3.66. The van der Waals surface area contributed by atoms with E-state index in [9.17, 15) is 13.2 Å². The third-order valence-corrected chi connectivity index (χ3v) is 4.86. The van der Waals surface area contributed by atoms with Crippen molar-refractivity contribution in [2.45, 2.75) is 20.3 Å². The van der Waals surface area contributed by atoms with Crippen LogP contribution in [0.1, 0.15) is 30.6 Å². The van der Waals surface area contributed by atoms with Gasteiger partial charge in [0.15, 0.2) is 0 Å². The Morgan fingerprint density at radius 1 is 1.33 bits per heavy atom. The summed E-state index contributed by atoms with van der Waals surface area (Å²) in [4.78, 5) is 14.6. The minimum Gasteiger partial charge on any atom is -0.478 e. The van der Waals surface area contributed by atoms with Gasteiger partial charge >= 0.3 is 16.2 Å². The third-order valence-electron chi connectivity index (χ3n) is 3.42. The molecule has 2 N–H and O–H groups in total. The molecule has 1 aliphatic heterocycles. The van der Waals surface area contributed by atoms with E-state index in [4.69, 9.17) is 5.11 Å². The lowest BCUT2D eigenvalue weighted by Gasteiger charge is -2.33. The normalized spacial score (nSPS) is 23.7. The molecule has 0 bridgehead atoms. The summed E-state index contributed by atoms with van der Waals surface area (Å²) in [6, 6.07) is 2.66. The molecule has 0 radical (unpaired) electrons. The number of aromatic carboxylic acids is 1. The summed E-state index contributed by atoms with van der Waals surface area (Å²) < 4.78 is 28.5. The zero-order valence-electron chi connectivity index (χ0n) is 12.0. The molecule has 2 rings (SSSR count). The second-order valence-corrected chi connectivity index (χ2v) is 7.28. The maximum Gasteiger partial charge on any atom is 0.337 e. The summed E-state index contributed by atoms with van der Waals surface area (Å²) in [5, 5.41) is 8.78. The molecule has 1 aromatic heterocycles. The predicted octanol–water partition coefficient (Wildman–Crippen LogP) is 1.41. The molecule has 1 aliphatic rings. The van der Waals surface area contributed by atoms with E-state index in [-0.39, 0.29) is 11.4 Å². The lowest BCUT2D eigenvalue weighted by atomic mass is 9.94. The van der Waals surface area contributed by atoms with Gasteiger partial charge in [-0.1, -0.05) is 13.8 Å². The second-order valence-electron chi connectivity index (χ2n) is 5.61. The van der Waals surface area contributed by atoms with Crippen molar-refractivity contribution in [3.05, 3.63) is 23.9 Å². The number of nitrogens with zero attached hydrogens (tertiary/aromatic N) is 2. The minimum atomic E-state index is -3.66. The van der Waals surface area contributed by atoms with E-state index in [1.165, 1.54) is 16.4 Å². The Labute approximate surface area is 124 Å². The summed E-state index contributed by atoms with van der Waals surface area (Å²) in [6.45, 7) is 5.01. The number of nitrogens with one attached hydrogen (secondary N) is 1. The van der Waals surface area contributed by atoms with Gasteiger partial charge in [0, 0.05) is 19.3 Å². The van der Waals surface area contributed by atoms with Crippen molar-refractivity contribution in [3.63, 3.8) is 0 Å². The Morgan fingerprint density at radius 3 is 2.43 bits per heavy atom. The van der Waals surface area contributed by atoms with E-state index in [2.05, 4.69) is 9.71 Å². The van der Waals surface area contributed by atoms with Crippen LogP contribution >= 0.6 is 0 Å². The van der Waals surface area contributed by atoms with Gasteiger partial charge in [-0.25, -0.2) is 9.78 Å². The number of hydrogen-bond acceptors (Lipinski definition) is 4. The van der Waals surface area contributed by atoms with E-state index < -0.39 is 16.2 Å². The van der Waals surface area contributed by atoms with Crippen LogP contribution in [-0.4, -0.2) is 41.9 Å². The van der Waals surface area contributed by atoms with Gasteiger partial charge in [-0.3, -0.25) is 4.72 Å². The molecule has 116 valence electrons. The number of pyridine rings is 1. The largest absolute Gasteiger partial charge is 0.478 e. The molecule has 1 saturated heterocycles. The van der Waals surface area contributed by atoms with Gasteiger partial charge in [-0.2, -0.15) is 12.7 Å². The van der Waals surface area contributed by atoms with Crippen LogP contribution in [0.5, 0.6) is 0 Å². The Morgan fingerprint density at radius 2 is 1.95 bits per heavy atom. The molecule has 0 spiro atoms. The standard InChI is InChI=1S/C13H19N3O4S/c1-9-5-10(2)8-16(7-9)21(19,20)15-12-4-3-11(6-14-12)13(17)18/h3-4,6,9-10H,5,7-8H2,1-2H3,(H,14,15)(H,17,18). The van der Waals surface area contributed by atoms with Crippen molar-refractivity contribution in [3.8, 4) is 0 Å². The summed E-state index contributed by atoms with van der Waals surface area (Å²) in [6.07, 6.45) is 2.14. The summed E-state index contributed by atoms with van der Waals surface area (Å²) in [5.74, 6) is -0.359. The Bertz CT molecular complexity index is 605. The highest BCUT2D eigenvalue weighted by atomic mass is 32.2. The molecule has 2 unspecified atom stereocenters. The van der Waals surface area contributed by atoms with Crippen molar-refractivity contribution < 1.29 is 18.3 Å². The van der Waals surface area contributed by atoms with Gasteiger partial charge in [0.1, 0.15) is 5.82 Å². The van der Waals surface area contributed by atoms with Gasteiger partial charge < -0.3 is 5.11 Å². The van der Waals surface area contributed by atoms with Crippen LogP contribution in [0.15, 0.2) is 18.3 Å². The molecule has 0 aromatic carbocycles. The van der Waals surface area contributed by atoms with E-state index in [0.29, 0.717) is 24.9 Å². The van der Waals surface area contributed by atoms with Crippen LogP contribution in [-0.2, 0) is 10.2 Å². The highest BCUT2D eigenvalue weighted by molar-refractivity contribution is 7.90. The molecule has 0 aliphatic carbocycles. The quantitative estimate of drug-likeness (QED) is 0.875. The molecule has 2 atom stereocenters. The van der Waals surface area contributed by atoms with Gasteiger partial charge in [-0.15, -0.1) is 0 Å². The zero-order chi connectivity index (χ0) is 15.6. The second kappa shape index (κ2) is 5.98. The SMILES string of the molecule is CC1CC(C)CN(S(=O)(=O)Nc2ccc(C(=O)O)cn2)C1. The maximum absolute atomic E-state index is 12.3. The average Bonchev–Trinajstić information content (AvgIpc) is 2.37. The summed E-state index contributed by atoms with van der Waals surface area (Å²) >= 11 is 0. The van der Waals surface area contributed by atoms with Gasteiger partial charge in [0.05, 0.1) is 5.56 Å². The number of piperidine rings is 1. The predicted molar refractivity (Wildman–Crippen MR) is 78.3 cm³/mol. The molecule has 1 fully saturated rings. The first-order valence-corrected chi connectivity index (χ1v) is 8.19. The molecule has 8 heteroatoms. The average molecular weight is 313 g/mol. The van der Waals surface area contributed by atoms with Crippen LogP contribution in [0.25, 0.3) is 0 Å². The fraction of sp³-hybridized carbons (Fsp3) is 0.538. The first kappa shape index (κ1) is 15.7. The highest BCUT2D eigenvalue weighted by Crippen LogP contribution is 2.23. The number of rotatable bonds is 4. The first-order valence-electron chi connectivity index (χ1n) is 6.75. The number of hydrogen-bond donors (Lipinski definition) is 2. The number of carboxylic acid groups (broad SMARTS) is 1. The topological polar surface area (TPSA) is 99.6 Å². The Kier molecular flexibility index (Phi) is 4.48. The monoisotopic (exact) mass is 313 g/mol. The highest BCUT2D eigenvalue weighted by Gasteiger charge is 2.30. The molecule has 0 amide bonds. The molecular formula is C13H19N3O4S. The van der Waals surface area contributed by atoms with Crippen molar-refractivity contribution in [2.75, 3.05) is 17.8 Å². The van der Waals surface area contributed by atoms with E-state index in [0.717, 1.165) is 12.6 Å². The Hall–Kier alpha value is -1.67. The van der Waals surface area contributed by atoms with Crippen LogP contribution in [0.2, 0.25) is 0 Å². The third kappa shape index (κ3) is 3.92. The van der Waals surface area contributed by atoms with Gasteiger partial charge in [0.25, 0.3) is 0 Å². The van der Waals surface area contributed by atoms with E-state index >= 15 is 0 Å². The lowest BCUT2D eigenvalue weighted by Crippen LogP contribution is -2.45. The number of anilines is 1. The first-order chi connectivity index (χ1) is 9.78. The van der Waals surface area contributed by atoms with Crippen molar-refractivity contribution in [1.82, 2.24) is 9.29 Å². The van der Waals surface area contributed by atoms with Gasteiger partial charge in [0.2, 0.25) is 0 Å². The van der Waals surface area contributed by atoms with Crippen molar-refractivity contribution >= 4 is 22.0 Å². The zero-order valence-corrected chi connectivity index (χ0v) is 12.8. The van der Waals surface area contributed by atoms with Crippen molar-refractivity contribution in [2.24, 2.45) is 11.8 Å². The summed E-state index contributed by atoms with van der Waals surface area (Å²) in [5.41, 5.74) is 0.0122. The Balaban J connectivity index is 2.11. The minimum absolute atomic E-state index is 0.0122. The van der Waals surface area contributed by atoms with E-state index in [1.54, 1.807) is 0 Å². The van der Waals surface area contributed by atoms with Crippen molar-refractivity contribution in [1.29, 1.82) is 0 Å². The molecule has 1 aromatic rings. The van der Waals surface area contributed by atoms with Crippen LogP contribution in [0, 0.1) is 11.8 Å². The van der Waals surface area contributed by atoms with E-state index in [1.807, 2.05) is 13.8 Å². The van der Waals surface area contributed by atoms with Crippen LogP contribution in [0.3, 0.4) is 0 Å². The molecule has 7 nitrogen and oxygen atoms in total. The van der Waals surface area contributed by atoms with Gasteiger partial charge in [-0.05, 0) is 30.4 Å². The molecule has 2 heterocycles. The fourth-order valence-electron chi connectivity index (χ4n) is 2.58. The molecule has 0 saturated carbocycles. The lowest BCUT2D eigenvalue weighted by molar-refractivity contribution is 0.0696. The maximum atomic E-state index is 12.3. The molecule has 21 heavy (non-hydrogen) atoms. The smallest absolute Gasteiger partial charge is 0.337 e. The van der Waals surface area contributed by atoms with Crippen LogP contribution < -0.4 is 4.72 Å². The number of carboxylic acids is 1. The van der Waals surface area contributed by atoms with Crippen LogP contribution in [0.4, 0.5) is 5.82 Å². The number of aromatic nitrogens is 1. The number of carbonyl (C=O) groups is 1. The fourth-order valence-corrected chi connectivity index (χ4v) is 4.00.